The van der Waals surface area contributed by atoms with E-state index in [4.69, 9.17) is 11.6 Å². The summed E-state index contributed by atoms with van der Waals surface area (Å²) in [5.41, 5.74) is 1.80. The number of benzene rings is 2. The van der Waals surface area contributed by atoms with Gasteiger partial charge >= 0.3 is 11.9 Å². The monoisotopic (exact) mass is 468 g/mol. The third-order valence-corrected chi connectivity index (χ3v) is 5.37. The molecule has 0 saturated carbocycles. The van der Waals surface area contributed by atoms with E-state index in [1.165, 1.54) is 18.2 Å². The van der Waals surface area contributed by atoms with Crippen molar-refractivity contribution < 1.29 is 29.7 Å². The first-order chi connectivity index (χ1) is 15.7. The number of nitrogens with zero attached hydrogens (tertiary/aromatic N) is 1. The van der Waals surface area contributed by atoms with Crippen LogP contribution < -0.4 is 5.32 Å². The van der Waals surface area contributed by atoms with Crippen molar-refractivity contribution in [2.45, 2.75) is 25.5 Å². The van der Waals surface area contributed by atoms with Crippen LogP contribution in [0.2, 0.25) is 5.02 Å². The van der Waals surface area contributed by atoms with Crippen LogP contribution in [-0.2, 0) is 11.2 Å². The summed E-state index contributed by atoms with van der Waals surface area (Å²) in [7, 11) is 0. The number of aromatic nitrogens is 1. The highest BCUT2D eigenvalue weighted by atomic mass is 35.5. The number of carbonyl (C=O) groups is 3. The average molecular weight is 469 g/mol. The first kappa shape index (κ1) is 23.9. The Bertz CT molecular complexity index is 1210. The van der Waals surface area contributed by atoms with E-state index in [0.717, 1.165) is 0 Å². The molecule has 1 amide bonds. The average Bonchev–Trinajstić information content (AvgIpc) is 2.78. The minimum absolute atomic E-state index is 0.0162. The number of carbonyl (C=O) groups excluding carboxylic acids is 1. The minimum Gasteiger partial charge on any atom is -0.479 e. The molecule has 3 rings (SSSR count). The molecule has 9 heteroatoms. The number of hydrogen-bond acceptors (Lipinski definition) is 5. The number of carboxylic acid groups (broad SMARTS) is 2. The van der Waals surface area contributed by atoms with Gasteiger partial charge in [0.15, 0.2) is 6.10 Å². The van der Waals surface area contributed by atoms with Crippen LogP contribution in [0.25, 0.3) is 11.3 Å². The Kier molecular flexibility index (Phi) is 7.42. The normalized spacial score (nSPS) is 12.6. The van der Waals surface area contributed by atoms with Gasteiger partial charge in [-0.05, 0) is 43.2 Å². The number of amides is 1. The first-order valence-corrected chi connectivity index (χ1v) is 10.3. The molecule has 0 saturated heterocycles. The molecule has 2 atom stereocenters. The molecule has 33 heavy (non-hydrogen) atoms. The number of hydrogen-bond donors (Lipinski definition) is 4. The van der Waals surface area contributed by atoms with E-state index in [-0.39, 0.29) is 23.2 Å². The summed E-state index contributed by atoms with van der Waals surface area (Å²) in [5, 5.41) is 31.9. The number of rotatable bonds is 8. The van der Waals surface area contributed by atoms with Gasteiger partial charge in [-0.15, -0.1) is 0 Å². The van der Waals surface area contributed by atoms with E-state index in [2.05, 4.69) is 10.3 Å². The van der Waals surface area contributed by atoms with E-state index in [1.54, 1.807) is 49.4 Å². The molecular weight excluding hydrogens is 448 g/mol. The maximum absolute atomic E-state index is 13.0. The lowest BCUT2D eigenvalue weighted by Crippen LogP contribution is -2.48. The Hall–Kier alpha value is -3.75. The van der Waals surface area contributed by atoms with Gasteiger partial charge in [0.05, 0.1) is 17.3 Å². The molecule has 170 valence electrons. The van der Waals surface area contributed by atoms with E-state index < -0.39 is 30.0 Å². The number of pyridine rings is 1. The minimum atomic E-state index is -1.87. The highest BCUT2D eigenvalue weighted by molar-refractivity contribution is 6.31. The first-order valence-electron chi connectivity index (χ1n) is 9.94. The maximum atomic E-state index is 13.0. The molecular formula is C24H21ClN2O6. The van der Waals surface area contributed by atoms with Crippen molar-refractivity contribution in [2.24, 2.45) is 0 Å². The Morgan fingerprint density at radius 1 is 1.03 bits per heavy atom. The summed E-state index contributed by atoms with van der Waals surface area (Å²) in [6, 6.07) is 14.7. The van der Waals surface area contributed by atoms with Crippen LogP contribution in [-0.4, -0.2) is 50.3 Å². The molecule has 0 aliphatic carbocycles. The fourth-order valence-corrected chi connectivity index (χ4v) is 3.61. The quantitative estimate of drug-likeness (QED) is 0.398. The fourth-order valence-electron chi connectivity index (χ4n) is 3.40. The number of aromatic carboxylic acids is 1. The second-order valence-electron chi connectivity index (χ2n) is 7.39. The molecule has 2 aromatic carbocycles. The molecule has 0 unspecified atom stereocenters. The zero-order valence-electron chi connectivity index (χ0n) is 17.5. The molecule has 4 N–H and O–H groups in total. The second-order valence-corrected chi connectivity index (χ2v) is 7.80. The Balaban J connectivity index is 1.94. The van der Waals surface area contributed by atoms with Crippen molar-refractivity contribution in [1.29, 1.82) is 0 Å². The molecule has 0 aliphatic heterocycles. The third-order valence-electron chi connectivity index (χ3n) is 5.00. The van der Waals surface area contributed by atoms with Crippen LogP contribution in [0, 0.1) is 6.92 Å². The van der Waals surface area contributed by atoms with E-state index >= 15 is 0 Å². The van der Waals surface area contributed by atoms with Gasteiger partial charge < -0.3 is 20.6 Å². The molecule has 1 heterocycles. The molecule has 0 aliphatic rings. The Labute approximate surface area is 194 Å². The van der Waals surface area contributed by atoms with Gasteiger partial charge in [-0.3, -0.25) is 9.78 Å². The molecule has 3 aromatic rings. The van der Waals surface area contributed by atoms with Crippen LogP contribution in [0.5, 0.6) is 0 Å². The summed E-state index contributed by atoms with van der Waals surface area (Å²) in [4.78, 5) is 40.4. The molecule has 8 nitrogen and oxygen atoms in total. The van der Waals surface area contributed by atoms with Crippen LogP contribution in [0.1, 0.15) is 32.0 Å². The van der Waals surface area contributed by atoms with Gasteiger partial charge in [0.25, 0.3) is 5.91 Å². The number of halogens is 1. The van der Waals surface area contributed by atoms with E-state index in [9.17, 15) is 29.7 Å². The van der Waals surface area contributed by atoms with Crippen molar-refractivity contribution in [3.8, 4) is 11.3 Å². The standard InChI is InChI=1S/C24H21ClN2O6/c1-13-10-15(12-19(26-13)16-7-3-4-8-17(16)23(30)31)22(29)27-20(21(28)24(32)33)11-14-6-2-5-9-18(14)25/h2-10,12,20-21,28H,11H2,1H3,(H,27,29)(H,30,31)(H,32,33)/t20-,21-/m1/s1. The Morgan fingerprint density at radius 2 is 1.70 bits per heavy atom. The van der Waals surface area contributed by atoms with E-state index in [1.807, 2.05) is 0 Å². The van der Waals surface area contributed by atoms with Crippen LogP contribution in [0.4, 0.5) is 0 Å². The molecule has 1 aromatic heterocycles. The predicted molar refractivity (Wildman–Crippen MR) is 121 cm³/mol. The highest BCUT2D eigenvalue weighted by Gasteiger charge is 2.29. The number of aliphatic hydroxyl groups is 1. The predicted octanol–water partition coefficient (Wildman–Crippen LogP) is 3.20. The number of aryl methyl sites for hydroxylation is 1. The number of aliphatic carboxylic acids is 1. The summed E-state index contributed by atoms with van der Waals surface area (Å²) < 4.78 is 0. The van der Waals surface area contributed by atoms with Gasteiger partial charge in [0.2, 0.25) is 0 Å². The van der Waals surface area contributed by atoms with Crippen molar-refractivity contribution in [3.05, 3.63) is 88.1 Å². The number of nitrogens with one attached hydrogen (secondary N) is 1. The summed E-state index contributed by atoms with van der Waals surface area (Å²) >= 11 is 6.16. The van der Waals surface area contributed by atoms with Crippen LogP contribution in [0.3, 0.4) is 0 Å². The smallest absolute Gasteiger partial charge is 0.336 e. The van der Waals surface area contributed by atoms with Gasteiger partial charge in [-0.25, -0.2) is 9.59 Å². The van der Waals surface area contributed by atoms with Crippen molar-refractivity contribution >= 4 is 29.4 Å². The molecule has 0 fully saturated rings. The fraction of sp³-hybridized carbons (Fsp3) is 0.167. The second kappa shape index (κ2) is 10.2. The SMILES string of the molecule is Cc1cc(C(=O)N[C@H](Cc2ccccc2Cl)[C@@H](O)C(=O)O)cc(-c2ccccc2C(=O)O)n1. The number of aliphatic hydroxyl groups excluding tert-OH is 1. The van der Waals surface area contributed by atoms with Gasteiger partial charge in [-0.1, -0.05) is 48.0 Å². The van der Waals surface area contributed by atoms with Crippen molar-refractivity contribution in [2.75, 3.05) is 0 Å². The topological polar surface area (TPSA) is 137 Å². The van der Waals surface area contributed by atoms with E-state index in [0.29, 0.717) is 21.8 Å². The third kappa shape index (κ3) is 5.74. The van der Waals surface area contributed by atoms with Crippen molar-refractivity contribution in [1.82, 2.24) is 10.3 Å². The zero-order chi connectivity index (χ0) is 24.1. The van der Waals surface area contributed by atoms with Crippen LogP contribution in [0.15, 0.2) is 60.7 Å². The summed E-state index contributed by atoms with van der Waals surface area (Å²) in [5.74, 6) is -3.27. The van der Waals surface area contributed by atoms with Gasteiger partial charge in [-0.2, -0.15) is 0 Å². The molecule has 0 bridgehead atoms. The summed E-state index contributed by atoms with van der Waals surface area (Å²) in [6.07, 6.45) is -1.89. The van der Waals surface area contributed by atoms with Crippen LogP contribution >= 0.6 is 11.6 Å². The Morgan fingerprint density at radius 3 is 2.36 bits per heavy atom. The summed E-state index contributed by atoms with van der Waals surface area (Å²) in [6.45, 7) is 1.65. The lowest BCUT2D eigenvalue weighted by Gasteiger charge is -2.22. The molecule has 0 spiro atoms. The highest BCUT2D eigenvalue weighted by Crippen LogP contribution is 2.24. The van der Waals surface area contributed by atoms with Crippen molar-refractivity contribution in [3.63, 3.8) is 0 Å². The zero-order valence-corrected chi connectivity index (χ0v) is 18.3. The largest absolute Gasteiger partial charge is 0.479 e. The maximum Gasteiger partial charge on any atom is 0.336 e. The lowest BCUT2D eigenvalue weighted by molar-refractivity contribution is -0.148. The number of carboxylic acids is 2. The lowest BCUT2D eigenvalue weighted by atomic mass is 9.99. The van der Waals surface area contributed by atoms with Gasteiger partial charge in [0.1, 0.15) is 0 Å². The molecule has 0 radical (unpaired) electrons. The van der Waals surface area contributed by atoms with Gasteiger partial charge in [0, 0.05) is 21.8 Å².